The normalized spacial score (nSPS) is 11.1. The van der Waals surface area contributed by atoms with Crippen LogP contribution in [0, 0.1) is 5.82 Å². The van der Waals surface area contributed by atoms with Crippen molar-refractivity contribution in [2.24, 2.45) is 0 Å². The van der Waals surface area contributed by atoms with Crippen molar-refractivity contribution in [2.45, 2.75) is 18.7 Å². The number of nitrogens with one attached hydrogen (secondary N) is 2. The maximum atomic E-state index is 13.8. The minimum Gasteiger partial charge on any atom is -0.357 e. The van der Waals surface area contributed by atoms with E-state index in [-0.39, 0.29) is 16.1 Å². The first-order valence-corrected chi connectivity index (χ1v) is 11.2. The summed E-state index contributed by atoms with van der Waals surface area (Å²) in [7, 11) is -4.07. The Morgan fingerprint density at radius 3 is 2.42 bits per heavy atom. The zero-order chi connectivity index (χ0) is 22.4. The van der Waals surface area contributed by atoms with E-state index in [1.54, 1.807) is 12.3 Å². The fraction of sp³-hybridized carbons (Fsp3) is 0.182. The minimum absolute atomic E-state index is 0.143. The SMILES string of the molecule is CCN(CC)c1ccc(NC(=O)c2cccc(S(=O)(=O)Nc3ccccc3F)c2)cn1. The second-order valence-corrected chi connectivity index (χ2v) is 8.33. The van der Waals surface area contributed by atoms with Crippen LogP contribution < -0.4 is 14.9 Å². The van der Waals surface area contributed by atoms with Crippen LogP contribution in [0.4, 0.5) is 21.6 Å². The summed E-state index contributed by atoms with van der Waals surface area (Å²) in [5.74, 6) is -0.378. The van der Waals surface area contributed by atoms with Gasteiger partial charge in [-0.3, -0.25) is 9.52 Å². The molecule has 0 saturated carbocycles. The second-order valence-electron chi connectivity index (χ2n) is 6.64. The molecule has 1 amide bonds. The lowest BCUT2D eigenvalue weighted by Crippen LogP contribution is -2.23. The van der Waals surface area contributed by atoms with E-state index < -0.39 is 21.7 Å². The number of amides is 1. The molecule has 1 aromatic heterocycles. The Hall–Kier alpha value is -3.46. The van der Waals surface area contributed by atoms with E-state index >= 15 is 0 Å². The number of sulfonamides is 1. The van der Waals surface area contributed by atoms with Gasteiger partial charge in [-0.25, -0.2) is 17.8 Å². The fourth-order valence-corrected chi connectivity index (χ4v) is 4.06. The Bertz CT molecular complexity index is 1160. The number of nitrogens with zero attached hydrogens (tertiary/aromatic N) is 2. The molecule has 7 nitrogen and oxygen atoms in total. The smallest absolute Gasteiger partial charge is 0.262 e. The third kappa shape index (κ3) is 5.37. The number of pyridine rings is 1. The minimum atomic E-state index is -4.07. The van der Waals surface area contributed by atoms with E-state index in [0.717, 1.165) is 25.0 Å². The van der Waals surface area contributed by atoms with Gasteiger partial charge >= 0.3 is 0 Å². The monoisotopic (exact) mass is 442 g/mol. The third-order valence-electron chi connectivity index (χ3n) is 4.62. The zero-order valence-corrected chi connectivity index (χ0v) is 18.0. The molecule has 2 N–H and O–H groups in total. The molecule has 0 atom stereocenters. The van der Waals surface area contributed by atoms with E-state index in [0.29, 0.717) is 5.69 Å². The molecule has 0 radical (unpaired) electrons. The lowest BCUT2D eigenvalue weighted by atomic mass is 10.2. The zero-order valence-electron chi connectivity index (χ0n) is 17.2. The van der Waals surface area contributed by atoms with Crippen molar-refractivity contribution in [3.63, 3.8) is 0 Å². The van der Waals surface area contributed by atoms with Gasteiger partial charge in [-0.1, -0.05) is 18.2 Å². The largest absolute Gasteiger partial charge is 0.357 e. The van der Waals surface area contributed by atoms with Crippen LogP contribution in [0.1, 0.15) is 24.2 Å². The lowest BCUT2D eigenvalue weighted by Gasteiger charge is -2.19. The number of anilines is 3. The molecule has 3 rings (SSSR count). The van der Waals surface area contributed by atoms with E-state index in [1.807, 2.05) is 19.9 Å². The summed E-state index contributed by atoms with van der Waals surface area (Å²) >= 11 is 0. The number of halogens is 1. The summed E-state index contributed by atoms with van der Waals surface area (Å²) in [6.45, 7) is 5.70. The van der Waals surface area contributed by atoms with Gasteiger partial charge in [0.05, 0.1) is 22.5 Å². The van der Waals surface area contributed by atoms with Crippen LogP contribution in [0.25, 0.3) is 0 Å². The van der Waals surface area contributed by atoms with Crippen molar-refractivity contribution in [1.29, 1.82) is 0 Å². The molecule has 0 fully saturated rings. The van der Waals surface area contributed by atoms with Gasteiger partial charge < -0.3 is 10.2 Å². The van der Waals surface area contributed by atoms with Crippen molar-refractivity contribution in [2.75, 3.05) is 28.0 Å². The van der Waals surface area contributed by atoms with Crippen molar-refractivity contribution in [3.05, 3.63) is 78.2 Å². The maximum absolute atomic E-state index is 13.8. The van der Waals surface area contributed by atoms with E-state index in [2.05, 4.69) is 19.9 Å². The highest BCUT2D eigenvalue weighted by Gasteiger charge is 2.18. The van der Waals surface area contributed by atoms with Crippen molar-refractivity contribution >= 4 is 33.1 Å². The molecule has 0 unspecified atom stereocenters. The van der Waals surface area contributed by atoms with Crippen LogP contribution in [0.2, 0.25) is 0 Å². The highest BCUT2D eigenvalue weighted by atomic mass is 32.2. The number of hydrogen-bond donors (Lipinski definition) is 2. The Morgan fingerprint density at radius 1 is 1.03 bits per heavy atom. The van der Waals surface area contributed by atoms with Gasteiger partial charge in [0, 0.05) is 18.7 Å². The van der Waals surface area contributed by atoms with Gasteiger partial charge in [0.15, 0.2) is 0 Å². The maximum Gasteiger partial charge on any atom is 0.262 e. The Balaban J connectivity index is 1.76. The summed E-state index contributed by atoms with van der Waals surface area (Å²) < 4.78 is 41.2. The van der Waals surface area contributed by atoms with Gasteiger partial charge in [-0.05, 0) is 56.3 Å². The quantitative estimate of drug-likeness (QED) is 0.548. The topological polar surface area (TPSA) is 91.4 Å². The Kier molecular flexibility index (Phi) is 6.86. The van der Waals surface area contributed by atoms with Gasteiger partial charge in [0.2, 0.25) is 0 Å². The average molecular weight is 443 g/mol. The summed E-state index contributed by atoms with van der Waals surface area (Å²) in [4.78, 5) is 18.9. The number of carbonyl (C=O) groups excluding carboxylic acids is 1. The van der Waals surface area contributed by atoms with E-state index in [9.17, 15) is 17.6 Å². The summed E-state index contributed by atoms with van der Waals surface area (Å²) in [6, 6.07) is 14.5. The fourth-order valence-electron chi connectivity index (χ4n) is 2.95. The molecule has 3 aromatic rings. The number of rotatable bonds is 8. The predicted octanol–water partition coefficient (Wildman–Crippen LogP) is 4.12. The molecule has 0 aliphatic carbocycles. The van der Waals surface area contributed by atoms with Crippen molar-refractivity contribution in [1.82, 2.24) is 4.98 Å². The van der Waals surface area contributed by atoms with E-state index in [4.69, 9.17) is 0 Å². The number of carbonyl (C=O) groups is 1. The van der Waals surface area contributed by atoms with Gasteiger partial charge in [-0.2, -0.15) is 0 Å². The highest BCUT2D eigenvalue weighted by molar-refractivity contribution is 7.92. The molecule has 31 heavy (non-hydrogen) atoms. The van der Waals surface area contributed by atoms with Crippen LogP contribution in [-0.4, -0.2) is 32.4 Å². The average Bonchev–Trinajstić information content (AvgIpc) is 2.77. The molecule has 0 aliphatic rings. The molecule has 0 bridgehead atoms. The van der Waals surface area contributed by atoms with Crippen molar-refractivity contribution in [3.8, 4) is 0 Å². The summed E-state index contributed by atoms with van der Waals surface area (Å²) in [5.41, 5.74) is 0.458. The number of hydrogen-bond acceptors (Lipinski definition) is 5. The number of benzene rings is 2. The number of aromatic nitrogens is 1. The van der Waals surface area contributed by atoms with Crippen LogP contribution in [0.15, 0.2) is 71.8 Å². The molecule has 0 spiro atoms. The molecular weight excluding hydrogens is 419 g/mol. The summed E-state index contributed by atoms with van der Waals surface area (Å²) in [6.07, 6.45) is 1.55. The van der Waals surface area contributed by atoms with Crippen LogP contribution in [0.3, 0.4) is 0 Å². The van der Waals surface area contributed by atoms with Crippen molar-refractivity contribution < 1.29 is 17.6 Å². The van der Waals surface area contributed by atoms with Crippen LogP contribution in [-0.2, 0) is 10.0 Å². The van der Waals surface area contributed by atoms with Crippen LogP contribution >= 0.6 is 0 Å². The standard InChI is InChI=1S/C22H23FN4O3S/c1-3-27(4-2)21-13-12-17(15-24-21)25-22(28)16-8-7-9-18(14-16)31(29,30)26-20-11-6-5-10-19(20)23/h5-15,26H,3-4H2,1-2H3,(H,25,28). The Morgan fingerprint density at radius 2 is 1.77 bits per heavy atom. The first kappa shape index (κ1) is 22.2. The molecule has 2 aromatic carbocycles. The van der Waals surface area contributed by atoms with Crippen LogP contribution in [0.5, 0.6) is 0 Å². The third-order valence-corrected chi connectivity index (χ3v) is 5.98. The molecule has 0 aliphatic heterocycles. The van der Waals surface area contributed by atoms with E-state index in [1.165, 1.54) is 42.5 Å². The Labute approximate surface area is 181 Å². The lowest BCUT2D eigenvalue weighted by molar-refractivity contribution is 0.102. The highest BCUT2D eigenvalue weighted by Crippen LogP contribution is 2.20. The second kappa shape index (κ2) is 9.57. The molecule has 1 heterocycles. The first-order valence-electron chi connectivity index (χ1n) is 9.73. The predicted molar refractivity (Wildman–Crippen MR) is 119 cm³/mol. The first-order chi connectivity index (χ1) is 14.8. The van der Waals surface area contributed by atoms with Gasteiger partial charge in [-0.15, -0.1) is 0 Å². The molecule has 9 heteroatoms. The number of para-hydroxylation sites is 1. The molecule has 162 valence electrons. The van der Waals surface area contributed by atoms with Gasteiger partial charge in [0.1, 0.15) is 11.6 Å². The van der Waals surface area contributed by atoms with Gasteiger partial charge in [0.25, 0.3) is 15.9 Å². The molecular formula is C22H23FN4O3S. The summed E-state index contributed by atoms with van der Waals surface area (Å²) in [5, 5.41) is 2.70. The molecule has 0 saturated heterocycles.